The highest BCUT2D eigenvalue weighted by molar-refractivity contribution is 7.80. The first-order chi connectivity index (χ1) is 9.54. The molecule has 6 heteroatoms. The maximum absolute atomic E-state index is 11.7. The lowest BCUT2D eigenvalue weighted by molar-refractivity contribution is -0.119. The van der Waals surface area contributed by atoms with Gasteiger partial charge in [-0.25, -0.2) is 0 Å². The number of aryl methyl sites for hydroxylation is 2. The molecule has 0 aliphatic carbocycles. The molecule has 0 atom stereocenters. The topological polar surface area (TPSA) is 65.2 Å². The number of anilines is 1. The molecule has 1 aromatic rings. The number of amides is 1. The fourth-order valence-electron chi connectivity index (χ4n) is 1.64. The second kappa shape index (κ2) is 8.16. The second-order valence-corrected chi connectivity index (χ2v) is 4.70. The molecule has 1 rings (SSSR count). The smallest absolute Gasteiger partial charge is 0.257 e. The van der Waals surface area contributed by atoms with Crippen LogP contribution in [-0.2, 0) is 4.79 Å². The standard InChI is InChI=1S/C14H20N4OS/c1-4-8-15-14(20)18-17-12(19)9-16-13-10(2)6-5-7-11(13)3/h4-7,16H,1,8-9H2,2-3H3,(H,17,19)(H2,15,18,20). The van der Waals surface area contributed by atoms with Gasteiger partial charge >= 0.3 is 0 Å². The largest absolute Gasteiger partial charge is 0.376 e. The van der Waals surface area contributed by atoms with Crippen LogP contribution in [0, 0.1) is 13.8 Å². The van der Waals surface area contributed by atoms with Crippen LogP contribution in [-0.4, -0.2) is 24.1 Å². The quantitative estimate of drug-likeness (QED) is 0.375. The van der Waals surface area contributed by atoms with Crippen LogP contribution in [0.5, 0.6) is 0 Å². The van der Waals surface area contributed by atoms with Gasteiger partial charge in [0.25, 0.3) is 5.91 Å². The van der Waals surface area contributed by atoms with Gasteiger partial charge in [-0.3, -0.25) is 15.6 Å². The molecule has 0 radical (unpaired) electrons. The molecule has 0 spiro atoms. The molecule has 0 bridgehead atoms. The normalized spacial score (nSPS) is 9.50. The molecule has 20 heavy (non-hydrogen) atoms. The average molecular weight is 292 g/mol. The predicted molar refractivity (Wildman–Crippen MR) is 86.5 cm³/mol. The van der Waals surface area contributed by atoms with E-state index in [9.17, 15) is 4.79 Å². The van der Waals surface area contributed by atoms with Crippen molar-refractivity contribution < 1.29 is 4.79 Å². The van der Waals surface area contributed by atoms with Gasteiger partial charge in [-0.05, 0) is 37.2 Å². The fraction of sp³-hybridized carbons (Fsp3) is 0.286. The monoisotopic (exact) mass is 292 g/mol. The van der Waals surface area contributed by atoms with Gasteiger partial charge in [-0.15, -0.1) is 6.58 Å². The fourth-order valence-corrected chi connectivity index (χ4v) is 1.78. The minimum Gasteiger partial charge on any atom is -0.376 e. The van der Waals surface area contributed by atoms with Gasteiger partial charge in [0.15, 0.2) is 5.11 Å². The van der Waals surface area contributed by atoms with E-state index in [-0.39, 0.29) is 12.5 Å². The van der Waals surface area contributed by atoms with Gasteiger partial charge in [0, 0.05) is 12.2 Å². The second-order valence-electron chi connectivity index (χ2n) is 4.29. The third-order valence-electron chi connectivity index (χ3n) is 2.63. The number of hydrogen-bond donors (Lipinski definition) is 4. The molecule has 108 valence electrons. The highest BCUT2D eigenvalue weighted by Crippen LogP contribution is 2.18. The lowest BCUT2D eigenvalue weighted by Gasteiger charge is -2.14. The Morgan fingerprint density at radius 3 is 2.55 bits per heavy atom. The Morgan fingerprint density at radius 2 is 1.95 bits per heavy atom. The lowest BCUT2D eigenvalue weighted by atomic mass is 10.1. The van der Waals surface area contributed by atoms with Gasteiger partial charge in [0.1, 0.15) is 0 Å². The van der Waals surface area contributed by atoms with Crippen molar-refractivity contribution in [2.24, 2.45) is 0 Å². The number of carbonyl (C=O) groups is 1. The van der Waals surface area contributed by atoms with Gasteiger partial charge < -0.3 is 10.6 Å². The highest BCUT2D eigenvalue weighted by Gasteiger charge is 2.05. The third-order valence-corrected chi connectivity index (χ3v) is 2.88. The SMILES string of the molecule is C=CCNC(=S)NNC(=O)CNc1c(C)cccc1C. The van der Waals surface area contributed by atoms with Crippen LogP contribution >= 0.6 is 12.2 Å². The van der Waals surface area contributed by atoms with Crippen molar-refractivity contribution in [3.63, 3.8) is 0 Å². The minimum absolute atomic E-state index is 0.169. The molecule has 1 amide bonds. The van der Waals surface area contributed by atoms with Gasteiger partial charge in [-0.1, -0.05) is 24.3 Å². The Balaban J connectivity index is 2.37. The predicted octanol–water partition coefficient (Wildman–Crippen LogP) is 1.40. The first kappa shape index (κ1) is 16.0. The van der Waals surface area contributed by atoms with Crippen molar-refractivity contribution in [1.29, 1.82) is 0 Å². The first-order valence-corrected chi connectivity index (χ1v) is 6.69. The molecule has 4 N–H and O–H groups in total. The van der Waals surface area contributed by atoms with Gasteiger partial charge in [0.2, 0.25) is 0 Å². The van der Waals surface area contributed by atoms with Gasteiger partial charge in [-0.2, -0.15) is 0 Å². The van der Waals surface area contributed by atoms with Crippen LogP contribution in [0.4, 0.5) is 5.69 Å². The summed E-state index contributed by atoms with van der Waals surface area (Å²) in [6.45, 7) is 8.27. The summed E-state index contributed by atoms with van der Waals surface area (Å²) in [4.78, 5) is 11.7. The summed E-state index contributed by atoms with van der Waals surface area (Å²) in [6, 6.07) is 5.99. The number of benzene rings is 1. The van der Waals surface area contributed by atoms with Crippen molar-refractivity contribution in [2.45, 2.75) is 13.8 Å². The van der Waals surface area contributed by atoms with Crippen molar-refractivity contribution in [2.75, 3.05) is 18.4 Å². The Morgan fingerprint density at radius 1 is 1.30 bits per heavy atom. The van der Waals surface area contributed by atoms with Gasteiger partial charge in [0.05, 0.1) is 6.54 Å². The van der Waals surface area contributed by atoms with Crippen LogP contribution in [0.25, 0.3) is 0 Å². The zero-order chi connectivity index (χ0) is 15.0. The Labute approximate surface area is 124 Å². The van der Waals surface area contributed by atoms with E-state index in [4.69, 9.17) is 12.2 Å². The highest BCUT2D eigenvalue weighted by atomic mass is 32.1. The molecule has 0 saturated carbocycles. The summed E-state index contributed by atoms with van der Waals surface area (Å²) in [7, 11) is 0. The summed E-state index contributed by atoms with van der Waals surface area (Å²) in [6.07, 6.45) is 1.68. The lowest BCUT2D eigenvalue weighted by Crippen LogP contribution is -2.48. The number of hydrazine groups is 1. The van der Waals surface area contributed by atoms with Crippen molar-refractivity contribution >= 4 is 28.9 Å². The third kappa shape index (κ3) is 5.27. The van der Waals surface area contributed by atoms with E-state index in [0.29, 0.717) is 11.7 Å². The molecule has 0 aliphatic heterocycles. The van der Waals surface area contributed by atoms with Crippen LogP contribution in [0.2, 0.25) is 0 Å². The number of carbonyl (C=O) groups excluding carboxylic acids is 1. The van der Waals surface area contributed by atoms with Crippen LogP contribution < -0.4 is 21.5 Å². The van der Waals surface area contributed by atoms with Crippen molar-refractivity contribution in [1.82, 2.24) is 16.2 Å². The molecule has 0 heterocycles. The van der Waals surface area contributed by atoms with E-state index < -0.39 is 0 Å². The van der Waals surface area contributed by atoms with E-state index in [0.717, 1.165) is 16.8 Å². The maximum atomic E-state index is 11.7. The average Bonchev–Trinajstić information content (AvgIpc) is 2.42. The Hall–Kier alpha value is -2.08. The molecular weight excluding hydrogens is 272 g/mol. The van der Waals surface area contributed by atoms with Crippen LogP contribution in [0.3, 0.4) is 0 Å². The van der Waals surface area contributed by atoms with E-state index in [1.807, 2.05) is 32.0 Å². The molecular formula is C14H20N4OS. The Bertz CT molecular complexity index is 482. The maximum Gasteiger partial charge on any atom is 0.257 e. The molecule has 0 aliphatic rings. The zero-order valence-electron chi connectivity index (χ0n) is 11.7. The molecule has 0 saturated heterocycles. The molecule has 5 nitrogen and oxygen atoms in total. The summed E-state index contributed by atoms with van der Waals surface area (Å²) in [5, 5.41) is 6.31. The van der Waals surface area contributed by atoms with Crippen LogP contribution in [0.1, 0.15) is 11.1 Å². The first-order valence-electron chi connectivity index (χ1n) is 6.28. The van der Waals surface area contributed by atoms with Crippen LogP contribution in [0.15, 0.2) is 30.9 Å². The van der Waals surface area contributed by atoms with E-state index in [1.165, 1.54) is 0 Å². The minimum atomic E-state index is -0.199. The number of nitrogens with one attached hydrogen (secondary N) is 4. The van der Waals surface area contributed by atoms with E-state index in [2.05, 4.69) is 28.1 Å². The van der Waals surface area contributed by atoms with Crippen molar-refractivity contribution in [3.8, 4) is 0 Å². The summed E-state index contributed by atoms with van der Waals surface area (Å²) in [5.74, 6) is -0.199. The zero-order valence-corrected chi connectivity index (χ0v) is 12.6. The summed E-state index contributed by atoms with van der Waals surface area (Å²) in [5.41, 5.74) is 8.32. The molecule has 1 aromatic carbocycles. The van der Waals surface area contributed by atoms with E-state index in [1.54, 1.807) is 6.08 Å². The number of thiocarbonyl (C=S) groups is 1. The summed E-state index contributed by atoms with van der Waals surface area (Å²) < 4.78 is 0. The van der Waals surface area contributed by atoms with E-state index >= 15 is 0 Å². The Kier molecular flexibility index (Phi) is 6.52. The molecule has 0 aromatic heterocycles. The number of para-hydroxylation sites is 1. The number of hydrogen-bond acceptors (Lipinski definition) is 3. The summed E-state index contributed by atoms with van der Waals surface area (Å²) >= 11 is 4.95. The molecule has 0 fully saturated rings. The van der Waals surface area contributed by atoms with Crippen molar-refractivity contribution in [3.05, 3.63) is 42.0 Å². The number of rotatable bonds is 5. The molecule has 0 unspecified atom stereocenters.